The van der Waals surface area contributed by atoms with Crippen molar-refractivity contribution in [3.8, 4) is 0 Å². The van der Waals surface area contributed by atoms with Gasteiger partial charge in [0, 0.05) is 18.5 Å². The topological polar surface area (TPSA) is 47.0 Å². The summed E-state index contributed by atoms with van der Waals surface area (Å²) in [5.41, 5.74) is 0.0403. The van der Waals surface area contributed by atoms with Gasteiger partial charge in [0.15, 0.2) is 0 Å². The third kappa shape index (κ3) is 3.11. The Bertz CT molecular complexity index is 684. The van der Waals surface area contributed by atoms with Crippen molar-refractivity contribution in [3.05, 3.63) is 29.8 Å². The minimum atomic E-state index is -4.66. The van der Waals surface area contributed by atoms with E-state index in [1.807, 2.05) is 0 Å². The quantitative estimate of drug-likeness (QED) is 0.882. The Labute approximate surface area is 123 Å². The molecule has 0 bridgehead atoms. The highest BCUT2D eigenvalue weighted by atomic mass is 19.4. The first kappa shape index (κ1) is 15.0. The molecule has 118 valence electrons. The SMILES string of the molecule is Fc1ccc2nc(C(F)(F)F)nc(NCC3CCCO3)c2c1. The standard InChI is InChI=1S/C14H13F4N3O/c15-8-3-4-11-10(6-8)12(19-7-9-2-1-5-22-9)21-13(20-11)14(16,17)18/h3-4,6,9H,1-2,5,7H2,(H,19,20,21). The van der Waals surface area contributed by atoms with Crippen LogP contribution in [-0.4, -0.2) is 29.2 Å². The number of aromatic nitrogens is 2. The number of benzene rings is 1. The molecule has 0 aliphatic carbocycles. The second-order valence-corrected chi connectivity index (χ2v) is 5.07. The maximum Gasteiger partial charge on any atom is 0.451 e. The molecule has 1 aliphatic rings. The van der Waals surface area contributed by atoms with Crippen LogP contribution in [0.3, 0.4) is 0 Å². The lowest BCUT2D eigenvalue weighted by atomic mass is 10.2. The molecule has 8 heteroatoms. The third-order valence-corrected chi connectivity index (χ3v) is 3.43. The first-order chi connectivity index (χ1) is 10.4. The summed E-state index contributed by atoms with van der Waals surface area (Å²) in [7, 11) is 0. The molecule has 22 heavy (non-hydrogen) atoms. The molecule has 0 spiro atoms. The summed E-state index contributed by atoms with van der Waals surface area (Å²) in [4.78, 5) is 6.96. The van der Waals surface area contributed by atoms with Gasteiger partial charge in [0.2, 0.25) is 5.82 Å². The monoisotopic (exact) mass is 315 g/mol. The average Bonchev–Trinajstić information content (AvgIpc) is 2.97. The van der Waals surface area contributed by atoms with E-state index in [-0.39, 0.29) is 22.8 Å². The summed E-state index contributed by atoms with van der Waals surface area (Å²) in [5.74, 6) is -1.84. The Kier molecular flexibility index (Phi) is 3.86. The van der Waals surface area contributed by atoms with Crippen molar-refractivity contribution in [3.63, 3.8) is 0 Å². The number of hydrogen-bond acceptors (Lipinski definition) is 4. The fourth-order valence-corrected chi connectivity index (χ4v) is 2.38. The lowest BCUT2D eigenvalue weighted by molar-refractivity contribution is -0.144. The van der Waals surface area contributed by atoms with Crippen molar-refractivity contribution in [2.45, 2.75) is 25.1 Å². The van der Waals surface area contributed by atoms with E-state index in [9.17, 15) is 17.6 Å². The zero-order valence-electron chi connectivity index (χ0n) is 11.5. The number of halogens is 4. The molecule has 2 heterocycles. The van der Waals surface area contributed by atoms with E-state index in [1.54, 1.807) is 0 Å². The van der Waals surface area contributed by atoms with Crippen LogP contribution in [-0.2, 0) is 10.9 Å². The minimum Gasteiger partial charge on any atom is -0.376 e. The minimum absolute atomic E-state index is 0.0349. The molecule has 2 aromatic rings. The van der Waals surface area contributed by atoms with Crippen LogP contribution in [0.5, 0.6) is 0 Å². The van der Waals surface area contributed by atoms with Gasteiger partial charge in [0.1, 0.15) is 11.6 Å². The van der Waals surface area contributed by atoms with Gasteiger partial charge in [-0.3, -0.25) is 0 Å². The maximum atomic E-state index is 13.4. The Balaban J connectivity index is 1.98. The number of nitrogens with one attached hydrogen (secondary N) is 1. The fraction of sp³-hybridized carbons (Fsp3) is 0.429. The second-order valence-electron chi connectivity index (χ2n) is 5.07. The lowest BCUT2D eigenvalue weighted by Crippen LogP contribution is -2.20. The third-order valence-electron chi connectivity index (χ3n) is 3.43. The molecular weight excluding hydrogens is 302 g/mol. The lowest BCUT2D eigenvalue weighted by Gasteiger charge is -2.14. The van der Waals surface area contributed by atoms with Gasteiger partial charge >= 0.3 is 6.18 Å². The van der Waals surface area contributed by atoms with Crippen molar-refractivity contribution in [2.24, 2.45) is 0 Å². The zero-order chi connectivity index (χ0) is 15.7. The Morgan fingerprint density at radius 1 is 1.27 bits per heavy atom. The van der Waals surface area contributed by atoms with E-state index in [2.05, 4.69) is 15.3 Å². The molecule has 0 saturated carbocycles. The molecule has 3 rings (SSSR count). The van der Waals surface area contributed by atoms with Gasteiger partial charge < -0.3 is 10.1 Å². The number of rotatable bonds is 3. The predicted octanol–water partition coefficient (Wildman–Crippen LogP) is 3.38. The molecule has 1 N–H and O–H groups in total. The first-order valence-corrected chi connectivity index (χ1v) is 6.83. The van der Waals surface area contributed by atoms with Crippen LogP contribution in [0.15, 0.2) is 18.2 Å². The number of nitrogens with zero attached hydrogens (tertiary/aromatic N) is 2. The normalized spacial score (nSPS) is 18.8. The van der Waals surface area contributed by atoms with Crippen molar-refractivity contribution < 1.29 is 22.3 Å². The van der Waals surface area contributed by atoms with Gasteiger partial charge in [0.05, 0.1) is 11.6 Å². The van der Waals surface area contributed by atoms with Crippen molar-refractivity contribution in [1.29, 1.82) is 0 Å². The molecule has 1 aliphatic heterocycles. The predicted molar refractivity (Wildman–Crippen MR) is 72.0 cm³/mol. The summed E-state index contributed by atoms with van der Waals surface area (Å²) in [6, 6.07) is 3.39. The van der Waals surface area contributed by atoms with E-state index in [0.717, 1.165) is 25.0 Å². The van der Waals surface area contributed by atoms with E-state index >= 15 is 0 Å². The molecule has 1 atom stereocenters. The summed E-state index contributed by atoms with van der Waals surface area (Å²) in [6.07, 6.45) is -2.99. The molecule has 0 radical (unpaired) electrons. The van der Waals surface area contributed by atoms with Crippen LogP contribution in [0.2, 0.25) is 0 Å². The van der Waals surface area contributed by atoms with Gasteiger partial charge in [-0.1, -0.05) is 0 Å². The zero-order valence-corrected chi connectivity index (χ0v) is 11.5. The van der Waals surface area contributed by atoms with Crippen LogP contribution < -0.4 is 5.32 Å². The summed E-state index contributed by atoms with van der Waals surface area (Å²) in [6.45, 7) is 0.958. The Morgan fingerprint density at radius 3 is 2.77 bits per heavy atom. The molecule has 1 aromatic carbocycles. The van der Waals surface area contributed by atoms with Crippen LogP contribution in [0.4, 0.5) is 23.4 Å². The average molecular weight is 315 g/mol. The van der Waals surface area contributed by atoms with E-state index in [0.29, 0.717) is 13.2 Å². The van der Waals surface area contributed by atoms with E-state index in [1.165, 1.54) is 6.07 Å². The molecule has 1 unspecified atom stereocenters. The highest BCUT2D eigenvalue weighted by Crippen LogP contribution is 2.30. The van der Waals surface area contributed by atoms with Crippen LogP contribution in [0.1, 0.15) is 18.7 Å². The summed E-state index contributed by atoms with van der Waals surface area (Å²) >= 11 is 0. The summed E-state index contributed by atoms with van der Waals surface area (Å²) < 4.78 is 57.4. The van der Waals surface area contributed by atoms with Crippen molar-refractivity contribution >= 4 is 16.7 Å². The number of alkyl halides is 3. The molecule has 4 nitrogen and oxygen atoms in total. The molecule has 1 fully saturated rings. The first-order valence-electron chi connectivity index (χ1n) is 6.83. The fourth-order valence-electron chi connectivity index (χ4n) is 2.38. The van der Waals surface area contributed by atoms with Gasteiger partial charge in [-0.15, -0.1) is 0 Å². The Hall–Kier alpha value is -1.96. The van der Waals surface area contributed by atoms with Crippen LogP contribution in [0, 0.1) is 5.82 Å². The van der Waals surface area contributed by atoms with Gasteiger partial charge in [0.25, 0.3) is 0 Å². The van der Waals surface area contributed by atoms with Gasteiger partial charge in [-0.25, -0.2) is 14.4 Å². The Morgan fingerprint density at radius 2 is 2.09 bits per heavy atom. The van der Waals surface area contributed by atoms with E-state index < -0.39 is 17.8 Å². The summed E-state index contributed by atoms with van der Waals surface area (Å²) in [5, 5.41) is 3.04. The smallest absolute Gasteiger partial charge is 0.376 e. The van der Waals surface area contributed by atoms with Crippen LogP contribution >= 0.6 is 0 Å². The van der Waals surface area contributed by atoms with Crippen molar-refractivity contribution in [2.75, 3.05) is 18.5 Å². The number of fused-ring (bicyclic) bond motifs is 1. The number of hydrogen-bond donors (Lipinski definition) is 1. The molecular formula is C14H13F4N3O. The van der Waals surface area contributed by atoms with Crippen molar-refractivity contribution in [1.82, 2.24) is 9.97 Å². The number of ether oxygens (including phenoxy) is 1. The molecule has 1 aromatic heterocycles. The highest BCUT2D eigenvalue weighted by Gasteiger charge is 2.35. The largest absolute Gasteiger partial charge is 0.451 e. The van der Waals surface area contributed by atoms with Crippen LogP contribution in [0.25, 0.3) is 10.9 Å². The van der Waals surface area contributed by atoms with E-state index in [4.69, 9.17) is 4.74 Å². The molecule has 0 amide bonds. The molecule has 1 saturated heterocycles. The maximum absolute atomic E-state index is 13.4. The number of anilines is 1. The van der Waals surface area contributed by atoms with Gasteiger partial charge in [-0.05, 0) is 31.0 Å². The highest BCUT2D eigenvalue weighted by molar-refractivity contribution is 5.89. The second kappa shape index (κ2) is 5.68. The van der Waals surface area contributed by atoms with Gasteiger partial charge in [-0.2, -0.15) is 13.2 Å².